The van der Waals surface area contributed by atoms with E-state index in [2.05, 4.69) is 23.8 Å². The minimum absolute atomic E-state index is 0.0275. The van der Waals surface area contributed by atoms with Crippen LogP contribution in [-0.4, -0.2) is 60.1 Å². The van der Waals surface area contributed by atoms with E-state index in [4.69, 9.17) is 4.74 Å². The van der Waals surface area contributed by atoms with Crippen LogP contribution >= 0.6 is 0 Å². The average Bonchev–Trinajstić information content (AvgIpc) is 2.53. The zero-order valence-corrected chi connectivity index (χ0v) is 13.9. The van der Waals surface area contributed by atoms with E-state index in [1.54, 1.807) is 0 Å². The van der Waals surface area contributed by atoms with Gasteiger partial charge in [-0.05, 0) is 13.8 Å². The number of nitrogens with one attached hydrogen (secondary N) is 2. The number of hydrogen-bond donors (Lipinski definition) is 3. The van der Waals surface area contributed by atoms with Gasteiger partial charge in [0.25, 0.3) is 5.91 Å². The fraction of sp³-hybridized carbons (Fsp3) is 0.438. The molecule has 132 valence electrons. The van der Waals surface area contributed by atoms with Crippen LogP contribution in [0.3, 0.4) is 0 Å². The van der Waals surface area contributed by atoms with Crippen LogP contribution in [0.1, 0.15) is 13.8 Å². The molecule has 0 aromatic rings. The molecule has 1 atom stereocenters. The standard InChI is InChI=1S/C16H23N3O5/c1-10(2)14(20)18-8-13(16(22)23)19(15(21)11(3)4)9-12-7-17-5-6-24-12/h8,12,17H,1,3,5-7,9H2,2,4H3,(H,18,20)(H,22,23). The molecule has 0 bridgehead atoms. The number of carbonyl (C=O) groups is 3. The first-order valence-corrected chi connectivity index (χ1v) is 7.43. The number of hydrogen-bond acceptors (Lipinski definition) is 5. The van der Waals surface area contributed by atoms with E-state index in [-0.39, 0.29) is 29.5 Å². The molecule has 3 N–H and O–H groups in total. The molecule has 1 heterocycles. The molecule has 2 amide bonds. The van der Waals surface area contributed by atoms with Crippen molar-refractivity contribution in [3.63, 3.8) is 0 Å². The summed E-state index contributed by atoms with van der Waals surface area (Å²) in [6.45, 7) is 11.7. The van der Waals surface area contributed by atoms with Gasteiger partial charge in [-0.15, -0.1) is 0 Å². The highest BCUT2D eigenvalue weighted by molar-refractivity contribution is 6.00. The van der Waals surface area contributed by atoms with Crippen molar-refractivity contribution in [1.82, 2.24) is 15.5 Å². The van der Waals surface area contributed by atoms with Crippen molar-refractivity contribution >= 4 is 17.8 Å². The molecule has 24 heavy (non-hydrogen) atoms. The highest BCUT2D eigenvalue weighted by Gasteiger charge is 2.28. The van der Waals surface area contributed by atoms with Gasteiger partial charge in [0.15, 0.2) is 0 Å². The number of morpholine rings is 1. The van der Waals surface area contributed by atoms with Crippen molar-refractivity contribution in [2.45, 2.75) is 20.0 Å². The first-order valence-electron chi connectivity index (χ1n) is 7.43. The van der Waals surface area contributed by atoms with Crippen LogP contribution in [0.4, 0.5) is 0 Å². The minimum Gasteiger partial charge on any atom is -0.477 e. The van der Waals surface area contributed by atoms with Crippen LogP contribution in [0.15, 0.2) is 36.2 Å². The monoisotopic (exact) mass is 337 g/mol. The van der Waals surface area contributed by atoms with Gasteiger partial charge < -0.3 is 20.5 Å². The van der Waals surface area contributed by atoms with Gasteiger partial charge in [-0.1, -0.05) is 13.2 Å². The first-order chi connectivity index (χ1) is 11.2. The Labute approximate surface area is 140 Å². The maximum absolute atomic E-state index is 12.4. The second kappa shape index (κ2) is 8.99. The van der Waals surface area contributed by atoms with E-state index >= 15 is 0 Å². The molecule has 1 fully saturated rings. The summed E-state index contributed by atoms with van der Waals surface area (Å²) in [6, 6.07) is 0. The topological polar surface area (TPSA) is 108 Å². The van der Waals surface area contributed by atoms with E-state index in [0.29, 0.717) is 19.7 Å². The second-order valence-corrected chi connectivity index (χ2v) is 5.48. The second-order valence-electron chi connectivity index (χ2n) is 5.48. The van der Waals surface area contributed by atoms with Crippen LogP contribution in [0.2, 0.25) is 0 Å². The fourth-order valence-corrected chi connectivity index (χ4v) is 1.97. The lowest BCUT2D eigenvalue weighted by molar-refractivity contribution is -0.139. The van der Waals surface area contributed by atoms with Crippen molar-refractivity contribution in [2.75, 3.05) is 26.2 Å². The zero-order chi connectivity index (χ0) is 18.3. The van der Waals surface area contributed by atoms with Gasteiger partial charge in [0.1, 0.15) is 5.70 Å². The number of carboxylic acids is 1. The summed E-state index contributed by atoms with van der Waals surface area (Å²) in [5.41, 5.74) is 0.0255. The zero-order valence-electron chi connectivity index (χ0n) is 13.9. The van der Waals surface area contributed by atoms with Gasteiger partial charge in [-0.2, -0.15) is 0 Å². The van der Waals surface area contributed by atoms with Crippen LogP contribution in [0.5, 0.6) is 0 Å². The number of rotatable bonds is 7. The van der Waals surface area contributed by atoms with Gasteiger partial charge in [-0.25, -0.2) is 4.79 Å². The molecule has 8 nitrogen and oxygen atoms in total. The average molecular weight is 337 g/mol. The molecule has 1 aliphatic rings. The number of aliphatic carboxylic acids is 1. The lowest BCUT2D eigenvalue weighted by Crippen LogP contribution is -2.48. The van der Waals surface area contributed by atoms with E-state index in [9.17, 15) is 19.5 Å². The number of carbonyl (C=O) groups excluding carboxylic acids is 2. The summed E-state index contributed by atoms with van der Waals surface area (Å²) in [5.74, 6) is -2.44. The largest absolute Gasteiger partial charge is 0.477 e. The van der Waals surface area contributed by atoms with E-state index in [0.717, 1.165) is 11.1 Å². The van der Waals surface area contributed by atoms with Gasteiger partial charge in [0.2, 0.25) is 5.91 Å². The third-order valence-corrected chi connectivity index (χ3v) is 3.24. The van der Waals surface area contributed by atoms with E-state index in [1.165, 1.54) is 13.8 Å². The van der Waals surface area contributed by atoms with Crippen LogP contribution in [-0.2, 0) is 19.1 Å². The smallest absolute Gasteiger partial charge is 0.354 e. The predicted octanol–water partition coefficient (Wildman–Crippen LogP) is -0.00220. The molecule has 0 radical (unpaired) electrons. The highest BCUT2D eigenvalue weighted by atomic mass is 16.5. The molecule has 1 aliphatic heterocycles. The van der Waals surface area contributed by atoms with Crippen LogP contribution in [0, 0.1) is 0 Å². The molecule has 0 aliphatic carbocycles. The summed E-state index contributed by atoms with van der Waals surface area (Å²) in [7, 11) is 0. The Morgan fingerprint density at radius 2 is 2.00 bits per heavy atom. The van der Waals surface area contributed by atoms with Crippen molar-refractivity contribution in [2.24, 2.45) is 0 Å². The Bertz CT molecular complexity index is 576. The summed E-state index contributed by atoms with van der Waals surface area (Å²) in [4.78, 5) is 36.6. The van der Waals surface area contributed by atoms with Gasteiger partial charge in [0, 0.05) is 30.4 Å². The predicted molar refractivity (Wildman–Crippen MR) is 87.8 cm³/mol. The van der Waals surface area contributed by atoms with Crippen molar-refractivity contribution < 1.29 is 24.2 Å². The Hall–Kier alpha value is -2.45. The number of nitrogens with zero attached hydrogens (tertiary/aromatic N) is 1. The molecule has 1 rings (SSSR count). The van der Waals surface area contributed by atoms with Crippen molar-refractivity contribution in [3.8, 4) is 0 Å². The van der Waals surface area contributed by atoms with Crippen LogP contribution in [0.25, 0.3) is 0 Å². The molecular weight excluding hydrogens is 314 g/mol. The summed E-state index contributed by atoms with van der Waals surface area (Å²) >= 11 is 0. The van der Waals surface area contributed by atoms with Gasteiger partial charge in [-0.3, -0.25) is 14.5 Å². The van der Waals surface area contributed by atoms with Crippen LogP contribution < -0.4 is 10.6 Å². The molecule has 0 spiro atoms. The molecule has 1 saturated heterocycles. The summed E-state index contributed by atoms with van der Waals surface area (Å²) in [6.07, 6.45) is 0.623. The third-order valence-electron chi connectivity index (χ3n) is 3.24. The molecule has 0 aromatic heterocycles. The molecule has 8 heteroatoms. The first kappa shape index (κ1) is 19.6. The van der Waals surface area contributed by atoms with Gasteiger partial charge in [0.05, 0.1) is 19.3 Å². The lowest BCUT2D eigenvalue weighted by Gasteiger charge is -2.30. The lowest BCUT2D eigenvalue weighted by atomic mass is 10.2. The third kappa shape index (κ3) is 5.64. The quantitative estimate of drug-likeness (QED) is 0.564. The summed E-state index contributed by atoms with van der Waals surface area (Å²) in [5, 5.41) is 14.9. The van der Waals surface area contributed by atoms with E-state index in [1.807, 2.05) is 0 Å². The normalized spacial score (nSPS) is 17.8. The number of amides is 2. The summed E-state index contributed by atoms with van der Waals surface area (Å²) < 4.78 is 5.52. The maximum atomic E-state index is 12.4. The minimum atomic E-state index is -1.35. The molecule has 0 aromatic carbocycles. The fourth-order valence-electron chi connectivity index (χ4n) is 1.97. The Morgan fingerprint density at radius 3 is 2.46 bits per heavy atom. The highest BCUT2D eigenvalue weighted by Crippen LogP contribution is 2.12. The molecule has 1 unspecified atom stereocenters. The van der Waals surface area contributed by atoms with Crippen molar-refractivity contribution in [1.29, 1.82) is 0 Å². The Kier molecular flexibility index (Phi) is 7.34. The molecular formula is C16H23N3O5. The van der Waals surface area contributed by atoms with Crippen molar-refractivity contribution in [3.05, 3.63) is 36.2 Å². The number of carboxylic acid groups (broad SMARTS) is 1. The maximum Gasteiger partial charge on any atom is 0.354 e. The Morgan fingerprint density at radius 1 is 1.33 bits per heavy atom. The number of ether oxygens (including phenoxy) is 1. The van der Waals surface area contributed by atoms with E-state index < -0.39 is 17.8 Å². The SMILES string of the molecule is C=C(C)C(=O)NC=C(C(=O)O)N(CC1CNCCO1)C(=O)C(=C)C. The molecule has 0 saturated carbocycles. The Balaban J connectivity index is 3.05. The van der Waals surface area contributed by atoms with Gasteiger partial charge >= 0.3 is 5.97 Å².